The predicted octanol–water partition coefficient (Wildman–Crippen LogP) is 2.60. The summed E-state index contributed by atoms with van der Waals surface area (Å²) in [5, 5.41) is 0. The average Bonchev–Trinajstić information content (AvgIpc) is 2.48. The minimum absolute atomic E-state index is 0.146. The van der Waals surface area contributed by atoms with E-state index in [0.717, 1.165) is 37.8 Å². The van der Waals surface area contributed by atoms with Crippen LogP contribution in [0.15, 0.2) is 18.5 Å². The summed E-state index contributed by atoms with van der Waals surface area (Å²) >= 11 is 0. The molecule has 0 spiro atoms. The molecule has 0 aromatic carbocycles. The number of hydrogen-bond acceptors (Lipinski definition) is 4. The van der Waals surface area contributed by atoms with Gasteiger partial charge >= 0.3 is 0 Å². The molecule has 1 aromatic rings. The predicted molar refractivity (Wildman–Crippen MR) is 82.2 cm³/mol. The molecule has 1 fully saturated rings. The van der Waals surface area contributed by atoms with E-state index in [1.807, 2.05) is 18.5 Å². The van der Waals surface area contributed by atoms with Gasteiger partial charge in [-0.2, -0.15) is 0 Å². The first-order valence-corrected chi connectivity index (χ1v) is 7.91. The van der Waals surface area contributed by atoms with Crippen LogP contribution in [0.25, 0.3) is 0 Å². The van der Waals surface area contributed by atoms with E-state index in [2.05, 4.69) is 28.7 Å². The summed E-state index contributed by atoms with van der Waals surface area (Å²) in [4.78, 5) is 11.3. The third-order valence-corrected chi connectivity index (χ3v) is 4.56. The number of hydrogen-bond donors (Lipinski definition) is 1. The molecule has 2 atom stereocenters. The van der Waals surface area contributed by atoms with Crippen molar-refractivity contribution in [3.63, 3.8) is 0 Å². The van der Waals surface area contributed by atoms with Gasteiger partial charge in [-0.25, -0.2) is 9.97 Å². The summed E-state index contributed by atoms with van der Waals surface area (Å²) in [5.41, 5.74) is 6.35. The lowest BCUT2D eigenvalue weighted by Gasteiger charge is -2.47. The van der Waals surface area contributed by atoms with Crippen molar-refractivity contribution in [1.29, 1.82) is 0 Å². The third kappa shape index (κ3) is 3.55. The average molecular weight is 276 g/mol. The van der Waals surface area contributed by atoms with Crippen LogP contribution in [0.3, 0.4) is 0 Å². The maximum Gasteiger partial charge on any atom is 0.142 e. The Bertz CT molecular complexity index is 395. The molecular formula is C16H28N4. The van der Waals surface area contributed by atoms with Gasteiger partial charge in [-0.3, -0.25) is 4.90 Å². The second kappa shape index (κ2) is 7.14. The van der Waals surface area contributed by atoms with Crippen LogP contribution in [0, 0.1) is 5.92 Å². The summed E-state index contributed by atoms with van der Waals surface area (Å²) < 4.78 is 0. The topological polar surface area (TPSA) is 55.0 Å². The highest BCUT2D eigenvalue weighted by molar-refractivity contribution is 4.98. The Labute approximate surface area is 122 Å². The molecule has 0 radical (unpaired) electrons. The van der Waals surface area contributed by atoms with Crippen molar-refractivity contribution in [2.45, 2.75) is 58.0 Å². The van der Waals surface area contributed by atoms with Crippen LogP contribution in [0.1, 0.15) is 51.8 Å². The van der Waals surface area contributed by atoms with Crippen molar-refractivity contribution >= 4 is 0 Å². The number of nitrogens with two attached hydrogens (primary N) is 1. The molecule has 4 heteroatoms. The molecule has 0 amide bonds. The van der Waals surface area contributed by atoms with Crippen LogP contribution in [-0.4, -0.2) is 33.5 Å². The van der Waals surface area contributed by atoms with E-state index in [0.29, 0.717) is 0 Å². The van der Waals surface area contributed by atoms with Crippen LogP contribution in [0.2, 0.25) is 0 Å². The van der Waals surface area contributed by atoms with Crippen LogP contribution in [0.5, 0.6) is 0 Å². The van der Waals surface area contributed by atoms with Crippen molar-refractivity contribution in [2.24, 2.45) is 11.7 Å². The fourth-order valence-electron chi connectivity index (χ4n) is 3.57. The van der Waals surface area contributed by atoms with E-state index in [1.165, 1.54) is 25.7 Å². The zero-order chi connectivity index (χ0) is 14.4. The Hall–Kier alpha value is -1.00. The fourth-order valence-corrected chi connectivity index (χ4v) is 3.57. The smallest absolute Gasteiger partial charge is 0.142 e. The van der Waals surface area contributed by atoms with Crippen molar-refractivity contribution in [1.82, 2.24) is 14.9 Å². The molecule has 112 valence electrons. The van der Waals surface area contributed by atoms with Gasteiger partial charge in [-0.1, -0.05) is 26.7 Å². The number of rotatable bonds is 6. The molecule has 0 bridgehead atoms. The number of aromatic nitrogens is 2. The Morgan fingerprint density at radius 3 is 2.75 bits per heavy atom. The molecule has 2 rings (SSSR count). The monoisotopic (exact) mass is 276 g/mol. The molecule has 4 nitrogen and oxygen atoms in total. The van der Waals surface area contributed by atoms with Crippen LogP contribution >= 0.6 is 0 Å². The lowest BCUT2D eigenvalue weighted by atomic mass is 9.75. The van der Waals surface area contributed by atoms with Gasteiger partial charge in [-0.05, 0) is 37.8 Å². The summed E-state index contributed by atoms with van der Waals surface area (Å²) in [6, 6.07) is 1.87. The molecule has 1 heterocycles. The van der Waals surface area contributed by atoms with Crippen LogP contribution in [0.4, 0.5) is 0 Å². The standard InChI is InChI=1S/C16H28N4/c1-3-10-20(12-15-18-8-5-9-19-15)16(13-17)7-4-6-14(2)11-16/h5,8-9,14H,3-4,6-7,10-13,17H2,1-2H3. The molecule has 1 saturated carbocycles. The molecule has 0 aliphatic heterocycles. The lowest BCUT2D eigenvalue weighted by Crippen LogP contribution is -2.56. The molecule has 1 aliphatic carbocycles. The highest BCUT2D eigenvalue weighted by Crippen LogP contribution is 2.36. The van der Waals surface area contributed by atoms with Crippen LogP contribution in [-0.2, 0) is 6.54 Å². The van der Waals surface area contributed by atoms with Crippen LogP contribution < -0.4 is 5.73 Å². The van der Waals surface area contributed by atoms with Gasteiger partial charge in [-0.15, -0.1) is 0 Å². The third-order valence-electron chi connectivity index (χ3n) is 4.56. The van der Waals surface area contributed by atoms with Crippen molar-refractivity contribution < 1.29 is 0 Å². The highest BCUT2D eigenvalue weighted by atomic mass is 15.2. The Balaban J connectivity index is 2.16. The normalized spacial score (nSPS) is 26.9. The van der Waals surface area contributed by atoms with E-state index in [1.54, 1.807) is 0 Å². The SMILES string of the molecule is CCCN(Cc1ncccn1)C1(CN)CCCC(C)C1. The molecule has 20 heavy (non-hydrogen) atoms. The molecule has 2 N–H and O–H groups in total. The lowest BCUT2D eigenvalue weighted by molar-refractivity contribution is 0.0302. The zero-order valence-corrected chi connectivity index (χ0v) is 12.9. The quantitative estimate of drug-likeness (QED) is 0.867. The molecule has 1 aliphatic rings. The largest absolute Gasteiger partial charge is 0.329 e. The van der Waals surface area contributed by atoms with Gasteiger partial charge < -0.3 is 5.73 Å². The maximum absolute atomic E-state index is 6.20. The van der Waals surface area contributed by atoms with Gasteiger partial charge in [0.1, 0.15) is 5.82 Å². The van der Waals surface area contributed by atoms with E-state index in [4.69, 9.17) is 5.73 Å². The summed E-state index contributed by atoms with van der Waals surface area (Å²) in [6.07, 6.45) is 9.83. The molecular weight excluding hydrogens is 248 g/mol. The van der Waals surface area contributed by atoms with Gasteiger partial charge in [0.25, 0.3) is 0 Å². The van der Waals surface area contributed by atoms with Gasteiger partial charge in [0.2, 0.25) is 0 Å². The van der Waals surface area contributed by atoms with Crippen molar-refractivity contribution in [3.8, 4) is 0 Å². The maximum atomic E-state index is 6.20. The van der Waals surface area contributed by atoms with E-state index in [-0.39, 0.29) is 5.54 Å². The summed E-state index contributed by atoms with van der Waals surface area (Å²) in [7, 11) is 0. The van der Waals surface area contributed by atoms with E-state index in [9.17, 15) is 0 Å². The minimum atomic E-state index is 0.146. The van der Waals surface area contributed by atoms with Gasteiger partial charge in [0.05, 0.1) is 6.54 Å². The highest BCUT2D eigenvalue weighted by Gasteiger charge is 2.38. The Morgan fingerprint density at radius 1 is 1.40 bits per heavy atom. The minimum Gasteiger partial charge on any atom is -0.329 e. The van der Waals surface area contributed by atoms with E-state index < -0.39 is 0 Å². The zero-order valence-electron chi connectivity index (χ0n) is 12.9. The molecule has 0 saturated heterocycles. The van der Waals surface area contributed by atoms with Gasteiger partial charge in [0, 0.05) is 24.5 Å². The second-order valence-electron chi connectivity index (χ2n) is 6.22. The summed E-state index contributed by atoms with van der Waals surface area (Å²) in [5.74, 6) is 1.68. The first-order valence-electron chi connectivity index (χ1n) is 7.91. The fraction of sp³-hybridized carbons (Fsp3) is 0.750. The number of nitrogens with zero attached hydrogens (tertiary/aromatic N) is 3. The van der Waals surface area contributed by atoms with Gasteiger partial charge in [0.15, 0.2) is 0 Å². The second-order valence-corrected chi connectivity index (χ2v) is 6.22. The van der Waals surface area contributed by atoms with Crippen molar-refractivity contribution in [3.05, 3.63) is 24.3 Å². The Morgan fingerprint density at radius 2 is 2.15 bits per heavy atom. The van der Waals surface area contributed by atoms with Crippen molar-refractivity contribution in [2.75, 3.05) is 13.1 Å². The summed E-state index contributed by atoms with van der Waals surface area (Å²) in [6.45, 7) is 7.22. The van der Waals surface area contributed by atoms with E-state index >= 15 is 0 Å². The Kier molecular flexibility index (Phi) is 5.49. The first kappa shape index (κ1) is 15.4. The first-order chi connectivity index (χ1) is 9.70. The molecule has 2 unspecified atom stereocenters. The molecule has 1 aromatic heterocycles.